The number of aromatic nitrogens is 1. The molecule has 0 fully saturated rings. The Balaban J connectivity index is 1.48. The minimum absolute atomic E-state index is 0.0749. The van der Waals surface area contributed by atoms with Crippen molar-refractivity contribution in [2.75, 3.05) is 6.61 Å². The first-order valence-corrected chi connectivity index (χ1v) is 10.9. The summed E-state index contributed by atoms with van der Waals surface area (Å²) in [7, 11) is 0. The summed E-state index contributed by atoms with van der Waals surface area (Å²) < 4.78 is 5.25. The van der Waals surface area contributed by atoms with Gasteiger partial charge in [0.2, 0.25) is 0 Å². The van der Waals surface area contributed by atoms with Crippen LogP contribution in [0, 0.1) is 0 Å². The number of benzene rings is 4. The number of hydrogen-bond donors (Lipinski definition) is 1. The van der Waals surface area contributed by atoms with E-state index in [4.69, 9.17) is 9.72 Å². The molecule has 0 saturated heterocycles. The number of para-hydroxylation sites is 1. The average molecular weight is 447 g/mol. The molecule has 4 aromatic carbocycles. The molecule has 5 aromatic rings. The Kier molecular flexibility index (Phi) is 5.70. The smallest absolute Gasteiger partial charge is 0.338 e. The van der Waals surface area contributed by atoms with E-state index in [9.17, 15) is 9.90 Å². The summed E-state index contributed by atoms with van der Waals surface area (Å²) in [5, 5.41) is 21.5. The van der Waals surface area contributed by atoms with Gasteiger partial charge in [0.1, 0.15) is 11.4 Å². The number of carbonyl (C=O) groups is 1. The molecule has 0 bridgehead atoms. The summed E-state index contributed by atoms with van der Waals surface area (Å²) in [4.78, 5) is 17.3. The molecular formula is C28H21N3O3. The highest BCUT2D eigenvalue weighted by atomic mass is 16.5. The van der Waals surface area contributed by atoms with Crippen LogP contribution in [0.2, 0.25) is 0 Å². The first-order valence-electron chi connectivity index (χ1n) is 10.9. The molecule has 1 heterocycles. The van der Waals surface area contributed by atoms with Gasteiger partial charge in [0, 0.05) is 16.3 Å². The van der Waals surface area contributed by atoms with Gasteiger partial charge in [-0.2, -0.15) is 5.11 Å². The van der Waals surface area contributed by atoms with Gasteiger partial charge in [-0.1, -0.05) is 60.7 Å². The fourth-order valence-corrected chi connectivity index (χ4v) is 3.86. The maximum Gasteiger partial charge on any atom is 0.338 e. The number of phenols is 1. The van der Waals surface area contributed by atoms with Gasteiger partial charge >= 0.3 is 5.97 Å². The molecule has 0 saturated carbocycles. The quantitative estimate of drug-likeness (QED) is 0.225. The summed E-state index contributed by atoms with van der Waals surface area (Å²) in [6.07, 6.45) is 0. The highest BCUT2D eigenvalue weighted by Crippen LogP contribution is 2.36. The Morgan fingerprint density at radius 1 is 0.882 bits per heavy atom. The van der Waals surface area contributed by atoms with Crippen LogP contribution in [0.5, 0.6) is 5.75 Å². The maximum atomic E-state index is 12.5. The van der Waals surface area contributed by atoms with Crippen LogP contribution in [-0.4, -0.2) is 22.7 Å². The van der Waals surface area contributed by atoms with Crippen molar-refractivity contribution < 1.29 is 14.6 Å². The molecular weight excluding hydrogens is 426 g/mol. The lowest BCUT2D eigenvalue weighted by Crippen LogP contribution is -2.06. The van der Waals surface area contributed by atoms with Crippen molar-refractivity contribution >= 4 is 39.0 Å². The Morgan fingerprint density at radius 2 is 1.62 bits per heavy atom. The number of fused-ring (bicyclic) bond motifs is 2. The number of ether oxygens (including phenoxy) is 1. The van der Waals surface area contributed by atoms with Crippen molar-refractivity contribution in [3.63, 3.8) is 0 Å². The normalized spacial score (nSPS) is 11.3. The van der Waals surface area contributed by atoms with Crippen LogP contribution in [-0.2, 0) is 4.74 Å². The van der Waals surface area contributed by atoms with Gasteiger partial charge in [-0.25, -0.2) is 9.78 Å². The van der Waals surface area contributed by atoms with Gasteiger partial charge < -0.3 is 9.84 Å². The molecule has 0 atom stereocenters. The summed E-state index contributed by atoms with van der Waals surface area (Å²) in [6, 6.07) is 27.8. The van der Waals surface area contributed by atoms with Crippen molar-refractivity contribution in [2.45, 2.75) is 6.92 Å². The molecule has 6 nitrogen and oxygen atoms in total. The predicted octanol–water partition coefficient (Wildman–Crippen LogP) is 7.35. The number of hydrogen-bond acceptors (Lipinski definition) is 6. The topological polar surface area (TPSA) is 84.1 Å². The average Bonchev–Trinajstić information content (AvgIpc) is 2.88. The van der Waals surface area contributed by atoms with Crippen LogP contribution in [0.1, 0.15) is 17.3 Å². The van der Waals surface area contributed by atoms with E-state index in [-0.39, 0.29) is 11.7 Å². The van der Waals surface area contributed by atoms with E-state index < -0.39 is 0 Å². The second kappa shape index (κ2) is 9.11. The number of esters is 1. The molecule has 1 N–H and O–H groups in total. The van der Waals surface area contributed by atoms with Gasteiger partial charge in [0.25, 0.3) is 0 Å². The number of carbonyl (C=O) groups excluding carboxylic acids is 1. The van der Waals surface area contributed by atoms with Crippen LogP contribution in [0.4, 0.5) is 11.4 Å². The number of rotatable bonds is 5. The maximum absolute atomic E-state index is 12.5. The van der Waals surface area contributed by atoms with Gasteiger partial charge in [-0.15, -0.1) is 5.11 Å². The summed E-state index contributed by atoms with van der Waals surface area (Å²) in [5.74, 6) is -0.298. The molecule has 0 radical (unpaired) electrons. The molecule has 166 valence electrons. The highest BCUT2D eigenvalue weighted by molar-refractivity contribution is 6.04. The van der Waals surface area contributed by atoms with Crippen LogP contribution in [0.25, 0.3) is 32.9 Å². The molecule has 0 unspecified atom stereocenters. The molecule has 0 aliphatic rings. The predicted molar refractivity (Wildman–Crippen MR) is 133 cm³/mol. The third kappa shape index (κ3) is 4.09. The largest absolute Gasteiger partial charge is 0.506 e. The number of phenolic OH excluding ortho intramolecular Hbond substituents is 1. The number of nitrogens with zero attached hydrogens (tertiary/aromatic N) is 3. The van der Waals surface area contributed by atoms with Crippen molar-refractivity contribution in [3.05, 3.63) is 96.6 Å². The van der Waals surface area contributed by atoms with Crippen LogP contribution in [0.3, 0.4) is 0 Å². The molecule has 34 heavy (non-hydrogen) atoms. The van der Waals surface area contributed by atoms with Gasteiger partial charge in [0.15, 0.2) is 0 Å². The Bertz CT molecular complexity index is 1540. The molecule has 6 heteroatoms. The Hall–Kier alpha value is -4.58. The zero-order chi connectivity index (χ0) is 23.5. The minimum Gasteiger partial charge on any atom is -0.506 e. The summed E-state index contributed by atoms with van der Waals surface area (Å²) >= 11 is 0. The second-order valence-electron chi connectivity index (χ2n) is 7.69. The van der Waals surface area contributed by atoms with E-state index in [1.807, 2.05) is 78.9 Å². The number of aromatic hydroxyl groups is 1. The van der Waals surface area contributed by atoms with Gasteiger partial charge in [-0.05, 0) is 42.6 Å². The third-order valence-corrected chi connectivity index (χ3v) is 5.52. The summed E-state index contributed by atoms with van der Waals surface area (Å²) in [5.41, 5.74) is 3.76. The van der Waals surface area contributed by atoms with Gasteiger partial charge in [0.05, 0.1) is 29.1 Å². The molecule has 0 aliphatic carbocycles. The highest BCUT2D eigenvalue weighted by Gasteiger charge is 2.15. The lowest BCUT2D eigenvalue weighted by Gasteiger charge is -2.09. The fourth-order valence-electron chi connectivity index (χ4n) is 3.86. The van der Waals surface area contributed by atoms with Crippen LogP contribution in [0.15, 0.2) is 101 Å². The molecule has 0 aliphatic heterocycles. The number of pyridine rings is 1. The summed E-state index contributed by atoms with van der Waals surface area (Å²) in [6.45, 7) is 2.09. The lowest BCUT2D eigenvalue weighted by molar-refractivity contribution is 0.0528. The molecule has 1 aromatic heterocycles. The van der Waals surface area contributed by atoms with Crippen molar-refractivity contribution in [2.24, 2.45) is 10.2 Å². The minimum atomic E-state index is -0.373. The Labute approximate surface area is 196 Å². The fraction of sp³-hybridized carbons (Fsp3) is 0.0714. The molecule has 0 amide bonds. The lowest BCUT2D eigenvalue weighted by atomic mass is 10.0. The van der Waals surface area contributed by atoms with Gasteiger partial charge in [-0.3, -0.25) is 0 Å². The van der Waals surface area contributed by atoms with E-state index in [1.54, 1.807) is 19.1 Å². The molecule has 5 rings (SSSR count). The van der Waals surface area contributed by atoms with Crippen LogP contribution >= 0.6 is 0 Å². The first-order chi connectivity index (χ1) is 16.6. The second-order valence-corrected chi connectivity index (χ2v) is 7.69. The van der Waals surface area contributed by atoms with Crippen LogP contribution < -0.4 is 0 Å². The van der Waals surface area contributed by atoms with Crippen molar-refractivity contribution in [1.29, 1.82) is 0 Å². The van der Waals surface area contributed by atoms with Crippen molar-refractivity contribution in [1.82, 2.24) is 4.98 Å². The monoisotopic (exact) mass is 447 g/mol. The molecule has 0 spiro atoms. The Morgan fingerprint density at radius 3 is 2.41 bits per heavy atom. The van der Waals surface area contributed by atoms with E-state index in [0.29, 0.717) is 29.2 Å². The zero-order valence-corrected chi connectivity index (χ0v) is 18.5. The van der Waals surface area contributed by atoms with E-state index >= 15 is 0 Å². The van der Waals surface area contributed by atoms with Crippen molar-refractivity contribution in [3.8, 4) is 17.0 Å². The van der Waals surface area contributed by atoms with E-state index in [1.165, 1.54) is 0 Å². The zero-order valence-electron chi connectivity index (χ0n) is 18.5. The van der Waals surface area contributed by atoms with E-state index in [0.717, 1.165) is 27.2 Å². The third-order valence-electron chi connectivity index (χ3n) is 5.52. The standard InChI is InChI=1S/C28H21N3O3/c1-2-34-28(33)23-17-25(29-24-10-6-5-9-22(23)24)19-11-14-20(15-12-19)30-31-27-21-8-4-3-7-18(21)13-16-26(27)32/h3-17,32H,2H2,1H3. The van der Waals surface area contributed by atoms with E-state index in [2.05, 4.69) is 10.2 Å². The first kappa shape index (κ1) is 21.3. The number of azo groups is 1. The SMILES string of the molecule is CCOC(=O)c1cc(-c2ccc(N=Nc3c(O)ccc4ccccc34)cc2)nc2ccccc12.